The van der Waals surface area contributed by atoms with Crippen LogP contribution in [-0.4, -0.2) is 25.2 Å². The maximum atomic E-state index is 12.6. The van der Waals surface area contributed by atoms with E-state index in [4.69, 9.17) is 0 Å². The van der Waals surface area contributed by atoms with E-state index < -0.39 is 11.7 Å². The first-order chi connectivity index (χ1) is 9.88. The van der Waals surface area contributed by atoms with E-state index >= 15 is 0 Å². The summed E-state index contributed by atoms with van der Waals surface area (Å²) in [4.78, 5) is 2.22. The lowest BCUT2D eigenvalue weighted by atomic mass is 9.95. The number of alkyl halides is 3. The van der Waals surface area contributed by atoms with Gasteiger partial charge in [-0.05, 0) is 62.9 Å². The molecular formula is C16H21F3N2. The molecule has 1 saturated heterocycles. The van der Waals surface area contributed by atoms with Gasteiger partial charge in [0.05, 0.1) is 5.56 Å². The standard InChI is InChI=1S/C16H21F3N2/c1-15(12-3-4-12)11-21(10-2-9-20-15)14-7-5-13(6-8-14)16(17,18)19/h5-8,12,20H,2-4,9-11H2,1H3. The Morgan fingerprint density at radius 1 is 1.19 bits per heavy atom. The Morgan fingerprint density at radius 2 is 1.86 bits per heavy atom. The third-order valence-corrected chi connectivity index (χ3v) is 4.69. The van der Waals surface area contributed by atoms with Crippen molar-refractivity contribution < 1.29 is 13.2 Å². The molecule has 1 N–H and O–H groups in total. The number of hydrogen-bond donors (Lipinski definition) is 1. The molecule has 1 saturated carbocycles. The van der Waals surface area contributed by atoms with Crippen molar-refractivity contribution in [2.45, 2.75) is 37.9 Å². The van der Waals surface area contributed by atoms with Crippen LogP contribution in [0.15, 0.2) is 24.3 Å². The molecular weight excluding hydrogens is 277 g/mol. The second-order valence-electron chi connectivity index (χ2n) is 6.44. The lowest BCUT2D eigenvalue weighted by molar-refractivity contribution is -0.137. The Balaban J connectivity index is 1.78. The smallest absolute Gasteiger partial charge is 0.370 e. The Labute approximate surface area is 123 Å². The lowest BCUT2D eigenvalue weighted by Gasteiger charge is -2.35. The van der Waals surface area contributed by atoms with E-state index in [-0.39, 0.29) is 5.54 Å². The third-order valence-electron chi connectivity index (χ3n) is 4.69. The highest BCUT2D eigenvalue weighted by molar-refractivity contribution is 5.49. The van der Waals surface area contributed by atoms with Crippen LogP contribution < -0.4 is 10.2 Å². The van der Waals surface area contributed by atoms with Crippen molar-refractivity contribution in [2.24, 2.45) is 5.92 Å². The van der Waals surface area contributed by atoms with Crippen molar-refractivity contribution in [3.8, 4) is 0 Å². The minimum atomic E-state index is -4.26. The zero-order chi connectivity index (χ0) is 15.1. The molecule has 1 unspecified atom stereocenters. The largest absolute Gasteiger partial charge is 0.416 e. The summed E-state index contributed by atoms with van der Waals surface area (Å²) in [6.07, 6.45) is -0.737. The van der Waals surface area contributed by atoms with Gasteiger partial charge < -0.3 is 10.2 Å². The Kier molecular flexibility index (Phi) is 3.64. The number of nitrogens with one attached hydrogen (secondary N) is 1. The average molecular weight is 298 g/mol. The summed E-state index contributed by atoms with van der Waals surface area (Å²) in [5.41, 5.74) is 0.391. The number of halogens is 3. The summed E-state index contributed by atoms with van der Waals surface area (Å²) in [6, 6.07) is 5.56. The maximum Gasteiger partial charge on any atom is 0.416 e. The molecule has 3 rings (SSSR count). The quantitative estimate of drug-likeness (QED) is 0.896. The van der Waals surface area contributed by atoms with Crippen LogP contribution in [-0.2, 0) is 6.18 Å². The fourth-order valence-corrected chi connectivity index (χ4v) is 3.25. The first kappa shape index (κ1) is 14.7. The number of anilines is 1. The van der Waals surface area contributed by atoms with Crippen LogP contribution in [0.1, 0.15) is 31.7 Å². The van der Waals surface area contributed by atoms with Crippen LogP contribution in [0.25, 0.3) is 0 Å². The number of nitrogens with zero attached hydrogens (tertiary/aromatic N) is 1. The van der Waals surface area contributed by atoms with E-state index in [1.165, 1.54) is 25.0 Å². The van der Waals surface area contributed by atoms with Crippen LogP contribution in [0.3, 0.4) is 0 Å². The van der Waals surface area contributed by atoms with Gasteiger partial charge in [-0.25, -0.2) is 0 Å². The second kappa shape index (κ2) is 5.20. The molecule has 0 bridgehead atoms. The maximum absolute atomic E-state index is 12.6. The van der Waals surface area contributed by atoms with E-state index in [0.29, 0.717) is 5.92 Å². The molecule has 1 aromatic rings. The van der Waals surface area contributed by atoms with Crippen LogP contribution in [0.4, 0.5) is 18.9 Å². The molecule has 116 valence electrons. The minimum absolute atomic E-state index is 0.0825. The van der Waals surface area contributed by atoms with Crippen molar-refractivity contribution in [1.82, 2.24) is 5.32 Å². The molecule has 2 aliphatic rings. The SMILES string of the molecule is CC1(C2CC2)CN(c2ccc(C(F)(F)F)cc2)CCCN1. The topological polar surface area (TPSA) is 15.3 Å². The molecule has 1 heterocycles. The summed E-state index contributed by atoms with van der Waals surface area (Å²) in [5.74, 6) is 0.701. The summed E-state index contributed by atoms with van der Waals surface area (Å²) >= 11 is 0. The van der Waals surface area contributed by atoms with E-state index in [1.807, 2.05) is 0 Å². The second-order valence-corrected chi connectivity index (χ2v) is 6.44. The Morgan fingerprint density at radius 3 is 2.43 bits per heavy atom. The van der Waals surface area contributed by atoms with Gasteiger partial charge in [0.2, 0.25) is 0 Å². The number of rotatable bonds is 2. The highest BCUT2D eigenvalue weighted by Gasteiger charge is 2.43. The zero-order valence-electron chi connectivity index (χ0n) is 12.2. The van der Waals surface area contributed by atoms with Crippen LogP contribution in [0.5, 0.6) is 0 Å². The Hall–Kier alpha value is -1.23. The van der Waals surface area contributed by atoms with Gasteiger partial charge in [0, 0.05) is 24.3 Å². The van der Waals surface area contributed by atoms with Gasteiger partial charge in [0.25, 0.3) is 0 Å². The predicted molar refractivity (Wildman–Crippen MR) is 77.4 cm³/mol. The number of benzene rings is 1. The van der Waals surface area contributed by atoms with Crippen molar-refractivity contribution in [1.29, 1.82) is 0 Å². The molecule has 1 aromatic carbocycles. The number of hydrogen-bond acceptors (Lipinski definition) is 2. The van der Waals surface area contributed by atoms with Crippen molar-refractivity contribution in [2.75, 3.05) is 24.5 Å². The predicted octanol–water partition coefficient (Wildman–Crippen LogP) is 3.67. The van der Waals surface area contributed by atoms with Crippen LogP contribution >= 0.6 is 0 Å². The van der Waals surface area contributed by atoms with E-state index in [0.717, 1.165) is 31.7 Å². The summed E-state index contributed by atoms with van der Waals surface area (Å²) in [7, 11) is 0. The van der Waals surface area contributed by atoms with Crippen molar-refractivity contribution in [3.05, 3.63) is 29.8 Å². The molecule has 0 aromatic heterocycles. The van der Waals surface area contributed by atoms with Crippen LogP contribution in [0, 0.1) is 5.92 Å². The molecule has 2 fully saturated rings. The fraction of sp³-hybridized carbons (Fsp3) is 0.625. The normalized spacial score (nSPS) is 27.5. The molecule has 0 spiro atoms. The average Bonchev–Trinajstić information content (AvgIpc) is 3.25. The monoisotopic (exact) mass is 298 g/mol. The van der Waals surface area contributed by atoms with Gasteiger partial charge in [-0.2, -0.15) is 13.2 Å². The zero-order valence-corrected chi connectivity index (χ0v) is 12.2. The van der Waals surface area contributed by atoms with Gasteiger partial charge in [-0.15, -0.1) is 0 Å². The highest BCUT2D eigenvalue weighted by atomic mass is 19.4. The van der Waals surface area contributed by atoms with Gasteiger partial charge in [-0.1, -0.05) is 0 Å². The Bertz CT molecular complexity index is 493. The third kappa shape index (κ3) is 3.18. The minimum Gasteiger partial charge on any atom is -0.370 e. The summed E-state index contributed by atoms with van der Waals surface area (Å²) in [5, 5.41) is 3.63. The van der Waals surface area contributed by atoms with E-state index in [2.05, 4.69) is 17.1 Å². The van der Waals surface area contributed by atoms with Gasteiger partial charge in [-0.3, -0.25) is 0 Å². The van der Waals surface area contributed by atoms with E-state index in [1.54, 1.807) is 12.1 Å². The molecule has 1 aliphatic carbocycles. The van der Waals surface area contributed by atoms with Gasteiger partial charge in [0.15, 0.2) is 0 Å². The first-order valence-corrected chi connectivity index (χ1v) is 7.56. The molecule has 5 heteroatoms. The molecule has 2 nitrogen and oxygen atoms in total. The molecule has 1 atom stereocenters. The van der Waals surface area contributed by atoms with Crippen LogP contribution in [0.2, 0.25) is 0 Å². The molecule has 0 radical (unpaired) electrons. The van der Waals surface area contributed by atoms with Crippen molar-refractivity contribution in [3.63, 3.8) is 0 Å². The first-order valence-electron chi connectivity index (χ1n) is 7.56. The summed E-state index contributed by atoms with van der Waals surface area (Å²) < 4.78 is 37.9. The lowest BCUT2D eigenvalue weighted by Crippen LogP contribution is -2.51. The molecule has 0 amide bonds. The summed E-state index contributed by atoms with van der Waals surface area (Å²) in [6.45, 7) is 4.97. The van der Waals surface area contributed by atoms with E-state index in [9.17, 15) is 13.2 Å². The molecule has 1 aliphatic heterocycles. The molecule has 21 heavy (non-hydrogen) atoms. The van der Waals surface area contributed by atoms with Gasteiger partial charge in [0.1, 0.15) is 0 Å². The van der Waals surface area contributed by atoms with Crippen molar-refractivity contribution >= 4 is 5.69 Å². The van der Waals surface area contributed by atoms with Gasteiger partial charge >= 0.3 is 6.18 Å². The fourth-order valence-electron chi connectivity index (χ4n) is 3.25. The highest BCUT2D eigenvalue weighted by Crippen LogP contribution is 2.41.